The van der Waals surface area contributed by atoms with Crippen molar-refractivity contribution in [3.63, 3.8) is 0 Å². The fourth-order valence-corrected chi connectivity index (χ4v) is 1.89. The van der Waals surface area contributed by atoms with Gasteiger partial charge in [-0.1, -0.05) is 0 Å². The Morgan fingerprint density at radius 2 is 1.87 bits per heavy atom. The molecule has 0 bridgehead atoms. The van der Waals surface area contributed by atoms with E-state index in [0.717, 1.165) is 0 Å². The lowest BCUT2D eigenvalue weighted by molar-refractivity contribution is -0.276. The summed E-state index contributed by atoms with van der Waals surface area (Å²) in [6, 6.07) is 0.442. The summed E-state index contributed by atoms with van der Waals surface area (Å²) in [5, 5.41) is 0. The first-order valence-corrected chi connectivity index (χ1v) is 6.58. The van der Waals surface area contributed by atoms with Gasteiger partial charge >= 0.3 is 18.5 Å². The van der Waals surface area contributed by atoms with E-state index in [9.17, 15) is 31.1 Å². The zero-order chi connectivity index (χ0) is 17.8. The van der Waals surface area contributed by atoms with Crippen molar-refractivity contribution in [1.82, 2.24) is 4.98 Å². The topological polar surface area (TPSA) is 48.4 Å². The molecular formula is C12H10ClF6NO3. The number of esters is 1. The quantitative estimate of drug-likeness (QED) is 0.452. The highest BCUT2D eigenvalue weighted by Gasteiger charge is 2.38. The third-order valence-electron chi connectivity index (χ3n) is 2.46. The number of carbonyl (C=O) groups excluding carboxylic acids is 1. The number of ether oxygens (including phenoxy) is 2. The van der Waals surface area contributed by atoms with Crippen molar-refractivity contribution in [3.05, 3.63) is 22.9 Å². The molecule has 1 aromatic heterocycles. The molecule has 0 saturated heterocycles. The highest BCUT2D eigenvalue weighted by molar-refractivity contribution is 6.17. The highest BCUT2D eigenvalue weighted by Crippen LogP contribution is 2.35. The minimum absolute atomic E-state index is 0.0435. The normalized spacial score (nSPS) is 12.2. The van der Waals surface area contributed by atoms with Crippen LogP contribution in [0.15, 0.2) is 6.07 Å². The first kappa shape index (κ1) is 19.3. The monoisotopic (exact) mass is 365 g/mol. The lowest BCUT2D eigenvalue weighted by atomic mass is 10.1. The van der Waals surface area contributed by atoms with E-state index in [1.807, 2.05) is 0 Å². The molecule has 0 spiro atoms. The molecular weight excluding hydrogens is 356 g/mol. The van der Waals surface area contributed by atoms with Crippen LogP contribution in [-0.4, -0.2) is 23.9 Å². The van der Waals surface area contributed by atoms with Crippen molar-refractivity contribution in [2.24, 2.45) is 0 Å². The van der Waals surface area contributed by atoms with Gasteiger partial charge in [0.1, 0.15) is 5.69 Å². The summed E-state index contributed by atoms with van der Waals surface area (Å²) < 4.78 is 83.3. The highest BCUT2D eigenvalue weighted by atomic mass is 35.5. The molecule has 4 nitrogen and oxygen atoms in total. The van der Waals surface area contributed by atoms with Crippen LogP contribution in [0.2, 0.25) is 0 Å². The van der Waals surface area contributed by atoms with Gasteiger partial charge in [0.2, 0.25) is 5.88 Å². The fraction of sp³-hybridized carbons (Fsp3) is 0.500. The fourth-order valence-electron chi connectivity index (χ4n) is 1.61. The van der Waals surface area contributed by atoms with Crippen LogP contribution in [0.4, 0.5) is 26.3 Å². The SMILES string of the molecule is CCOC(=O)Cc1cc(C(F)(F)F)nc(OC(F)(F)F)c1CCl. The molecule has 0 aromatic carbocycles. The van der Waals surface area contributed by atoms with Crippen molar-refractivity contribution in [3.8, 4) is 5.88 Å². The number of nitrogens with zero attached hydrogens (tertiary/aromatic N) is 1. The van der Waals surface area contributed by atoms with Gasteiger partial charge in [0.05, 0.1) is 18.9 Å². The molecule has 1 rings (SSSR count). The van der Waals surface area contributed by atoms with Gasteiger partial charge in [0.15, 0.2) is 0 Å². The van der Waals surface area contributed by atoms with Crippen molar-refractivity contribution >= 4 is 17.6 Å². The molecule has 0 atom stereocenters. The zero-order valence-electron chi connectivity index (χ0n) is 11.5. The molecule has 0 unspecified atom stereocenters. The summed E-state index contributed by atoms with van der Waals surface area (Å²) in [5.74, 6) is -2.90. The molecule has 1 aromatic rings. The molecule has 130 valence electrons. The van der Waals surface area contributed by atoms with E-state index >= 15 is 0 Å². The summed E-state index contributed by atoms with van der Waals surface area (Å²) in [4.78, 5) is 14.2. The summed E-state index contributed by atoms with van der Waals surface area (Å²) in [5.41, 5.74) is -2.50. The molecule has 0 aliphatic heterocycles. The van der Waals surface area contributed by atoms with Crippen LogP contribution in [0.25, 0.3) is 0 Å². The Hall–Kier alpha value is -1.71. The molecule has 0 amide bonds. The average molecular weight is 366 g/mol. The minimum Gasteiger partial charge on any atom is -0.466 e. The third-order valence-corrected chi connectivity index (χ3v) is 2.72. The maximum Gasteiger partial charge on any atom is 0.574 e. The van der Waals surface area contributed by atoms with Crippen molar-refractivity contribution in [2.45, 2.75) is 31.8 Å². The van der Waals surface area contributed by atoms with E-state index in [-0.39, 0.29) is 6.61 Å². The Balaban J connectivity index is 3.40. The molecule has 0 N–H and O–H groups in total. The number of rotatable bonds is 5. The van der Waals surface area contributed by atoms with Gasteiger partial charge in [0, 0.05) is 5.56 Å². The van der Waals surface area contributed by atoms with Crippen molar-refractivity contribution in [2.75, 3.05) is 6.61 Å². The number of aromatic nitrogens is 1. The smallest absolute Gasteiger partial charge is 0.466 e. The standard InChI is InChI=1S/C12H10ClF6NO3/c1-2-22-9(21)4-6-3-8(11(14,15)16)20-10(7(6)5-13)23-12(17,18)19/h3H,2,4-5H2,1H3. The van der Waals surface area contributed by atoms with E-state index in [2.05, 4.69) is 14.5 Å². The van der Waals surface area contributed by atoms with Crippen LogP contribution < -0.4 is 4.74 Å². The summed E-state index contributed by atoms with van der Waals surface area (Å²) >= 11 is 5.47. The van der Waals surface area contributed by atoms with Crippen LogP contribution in [0.5, 0.6) is 5.88 Å². The van der Waals surface area contributed by atoms with Gasteiger partial charge in [-0.05, 0) is 18.6 Å². The number of hydrogen-bond donors (Lipinski definition) is 0. The molecule has 0 fully saturated rings. The Morgan fingerprint density at radius 1 is 1.26 bits per heavy atom. The maximum atomic E-state index is 12.8. The Morgan fingerprint density at radius 3 is 2.30 bits per heavy atom. The molecule has 11 heteroatoms. The Labute approximate surface area is 131 Å². The van der Waals surface area contributed by atoms with Crippen molar-refractivity contribution in [1.29, 1.82) is 0 Å². The average Bonchev–Trinajstić information content (AvgIpc) is 2.35. The number of alkyl halides is 7. The summed E-state index contributed by atoms with van der Waals surface area (Å²) in [6.07, 6.45) is -11.0. The number of hydrogen-bond acceptors (Lipinski definition) is 4. The Kier molecular flexibility index (Phi) is 6.09. The predicted molar refractivity (Wildman–Crippen MR) is 65.8 cm³/mol. The second kappa shape index (κ2) is 7.24. The van der Waals surface area contributed by atoms with E-state index < -0.39 is 53.5 Å². The first-order chi connectivity index (χ1) is 10.5. The lowest BCUT2D eigenvalue weighted by Crippen LogP contribution is -2.22. The van der Waals surface area contributed by atoms with Crippen LogP contribution in [0.3, 0.4) is 0 Å². The van der Waals surface area contributed by atoms with Gasteiger partial charge in [-0.15, -0.1) is 24.8 Å². The number of halogens is 7. The van der Waals surface area contributed by atoms with Gasteiger partial charge in [0.25, 0.3) is 0 Å². The van der Waals surface area contributed by atoms with Gasteiger partial charge in [-0.2, -0.15) is 13.2 Å². The first-order valence-electron chi connectivity index (χ1n) is 6.05. The second-order valence-corrected chi connectivity index (χ2v) is 4.38. The molecule has 1 heterocycles. The van der Waals surface area contributed by atoms with Crippen LogP contribution in [0.1, 0.15) is 23.7 Å². The zero-order valence-corrected chi connectivity index (χ0v) is 12.3. The van der Waals surface area contributed by atoms with Crippen LogP contribution in [0, 0.1) is 0 Å². The predicted octanol–water partition coefficient (Wildman–Crippen LogP) is 3.84. The van der Waals surface area contributed by atoms with Gasteiger partial charge < -0.3 is 9.47 Å². The molecule has 23 heavy (non-hydrogen) atoms. The van der Waals surface area contributed by atoms with E-state index in [0.29, 0.717) is 6.07 Å². The van der Waals surface area contributed by atoms with Crippen molar-refractivity contribution < 1.29 is 40.6 Å². The van der Waals surface area contributed by atoms with E-state index in [1.165, 1.54) is 6.92 Å². The summed E-state index contributed by atoms with van der Waals surface area (Å²) in [7, 11) is 0. The van der Waals surface area contributed by atoms with Crippen LogP contribution >= 0.6 is 11.6 Å². The van der Waals surface area contributed by atoms with E-state index in [1.54, 1.807) is 0 Å². The Bertz CT molecular complexity index is 573. The molecule has 0 saturated carbocycles. The van der Waals surface area contributed by atoms with Crippen LogP contribution in [-0.2, 0) is 28.0 Å². The number of pyridine rings is 1. The summed E-state index contributed by atoms with van der Waals surface area (Å²) in [6.45, 7) is 1.42. The molecule has 0 radical (unpaired) electrons. The second-order valence-electron chi connectivity index (χ2n) is 4.11. The van der Waals surface area contributed by atoms with Gasteiger partial charge in [-0.25, -0.2) is 4.98 Å². The largest absolute Gasteiger partial charge is 0.574 e. The third kappa shape index (κ3) is 5.77. The maximum absolute atomic E-state index is 12.8. The molecule has 0 aliphatic rings. The van der Waals surface area contributed by atoms with E-state index in [4.69, 9.17) is 11.6 Å². The van der Waals surface area contributed by atoms with Gasteiger partial charge in [-0.3, -0.25) is 4.79 Å². The minimum atomic E-state index is -5.26. The number of carbonyl (C=O) groups is 1. The lowest BCUT2D eigenvalue weighted by Gasteiger charge is -2.17. The molecule has 0 aliphatic carbocycles.